The van der Waals surface area contributed by atoms with Crippen molar-refractivity contribution in [3.8, 4) is 5.75 Å². The molecule has 0 radical (unpaired) electrons. The van der Waals surface area contributed by atoms with Gasteiger partial charge in [0.25, 0.3) is 0 Å². The summed E-state index contributed by atoms with van der Waals surface area (Å²) < 4.78 is 44.3. The van der Waals surface area contributed by atoms with E-state index in [0.29, 0.717) is 90.2 Å². The van der Waals surface area contributed by atoms with Crippen LogP contribution in [0.15, 0.2) is 24.3 Å². The summed E-state index contributed by atoms with van der Waals surface area (Å²) in [6.07, 6.45) is 1.64. The summed E-state index contributed by atoms with van der Waals surface area (Å²) in [5, 5.41) is 2.70. The Morgan fingerprint density at radius 3 is 1.88 bits per heavy atom. The second-order valence-electron chi connectivity index (χ2n) is 8.54. The number of carbonyl (C=O) groups excluding carboxylic acids is 1. The second kappa shape index (κ2) is 25.6. The van der Waals surface area contributed by atoms with Gasteiger partial charge in [-0.05, 0) is 36.7 Å². The van der Waals surface area contributed by atoms with Crippen molar-refractivity contribution in [1.29, 1.82) is 0 Å². The van der Waals surface area contributed by atoms with E-state index in [4.69, 9.17) is 71.1 Å². The zero-order valence-electron chi connectivity index (χ0n) is 22.2. The largest absolute Gasteiger partial charge is 0.494 e. The van der Waals surface area contributed by atoms with Crippen LogP contribution in [0.4, 0.5) is 10.5 Å². The number of nitrogens with one attached hydrogen (secondary N) is 1. The molecular formula is C27H48Cl3NO9Si. The standard InChI is InChI=1S/C25H40Cl3NO9Si.2CH4/c26-39(27,28)19-3-1-2-8-36-23-6-4-22(5-7-23)29-25(30)38-21-24-20-35-16-15-33-12-11-31-9-10-32-13-14-34-17-18-37-24;;/h4-7,24H,1-3,8-21H2,(H,29,30);2*1H4. The second-order valence-corrected chi connectivity index (χ2v) is 17.8. The molecule has 1 aromatic carbocycles. The molecule has 0 aromatic heterocycles. The van der Waals surface area contributed by atoms with Crippen LogP contribution < -0.4 is 10.1 Å². The quantitative estimate of drug-likeness (QED) is 0.178. The first-order valence-corrected chi connectivity index (χ1v) is 18.4. The van der Waals surface area contributed by atoms with E-state index in [0.717, 1.165) is 19.3 Å². The average molecular weight is 665 g/mol. The number of ether oxygens (including phenoxy) is 8. The van der Waals surface area contributed by atoms with Gasteiger partial charge in [0, 0.05) is 5.69 Å². The molecule has 41 heavy (non-hydrogen) atoms. The van der Waals surface area contributed by atoms with Gasteiger partial charge in [-0.2, -0.15) is 0 Å². The van der Waals surface area contributed by atoms with Gasteiger partial charge in [0.2, 0.25) is 0 Å². The van der Waals surface area contributed by atoms with Crippen LogP contribution in [0.1, 0.15) is 34.1 Å². The molecule has 1 amide bonds. The van der Waals surface area contributed by atoms with Crippen molar-refractivity contribution in [2.75, 3.05) is 91.2 Å². The molecule has 0 aliphatic carbocycles. The Labute approximate surface area is 260 Å². The molecule has 10 nitrogen and oxygen atoms in total. The predicted molar refractivity (Wildman–Crippen MR) is 166 cm³/mol. The maximum atomic E-state index is 12.3. The van der Waals surface area contributed by atoms with Crippen LogP contribution in [0.3, 0.4) is 0 Å². The fraction of sp³-hybridized carbons (Fsp3) is 0.741. The van der Waals surface area contributed by atoms with E-state index in [1.807, 2.05) is 0 Å². The lowest BCUT2D eigenvalue weighted by molar-refractivity contribution is -0.0746. The van der Waals surface area contributed by atoms with Gasteiger partial charge in [0.1, 0.15) is 18.5 Å². The molecule has 1 unspecified atom stereocenters. The third-order valence-corrected chi connectivity index (χ3v) is 7.87. The Morgan fingerprint density at radius 2 is 1.32 bits per heavy atom. The van der Waals surface area contributed by atoms with Gasteiger partial charge in [-0.3, -0.25) is 5.32 Å². The van der Waals surface area contributed by atoms with Crippen molar-refractivity contribution >= 4 is 51.0 Å². The molecule has 1 fully saturated rings. The van der Waals surface area contributed by atoms with E-state index in [-0.39, 0.29) is 28.1 Å². The van der Waals surface area contributed by atoms with Crippen LogP contribution in [0.25, 0.3) is 0 Å². The van der Waals surface area contributed by atoms with Crippen molar-refractivity contribution in [2.24, 2.45) is 0 Å². The number of rotatable bonds is 10. The number of hydrogen-bond donors (Lipinski definition) is 1. The molecule has 0 saturated carbocycles. The van der Waals surface area contributed by atoms with Crippen LogP contribution >= 0.6 is 33.2 Å². The van der Waals surface area contributed by atoms with Crippen molar-refractivity contribution in [2.45, 2.75) is 46.3 Å². The Morgan fingerprint density at radius 1 is 0.780 bits per heavy atom. The molecule has 14 heteroatoms. The van der Waals surface area contributed by atoms with Crippen molar-refractivity contribution in [3.63, 3.8) is 0 Å². The van der Waals surface area contributed by atoms with Gasteiger partial charge in [-0.15, -0.1) is 33.2 Å². The monoisotopic (exact) mass is 663 g/mol. The summed E-state index contributed by atoms with van der Waals surface area (Å²) in [5.74, 6) is 0.706. The summed E-state index contributed by atoms with van der Waals surface area (Å²) >= 11 is 17.7. The molecule has 1 saturated heterocycles. The van der Waals surface area contributed by atoms with Gasteiger partial charge < -0.3 is 37.9 Å². The van der Waals surface area contributed by atoms with Crippen LogP contribution in [-0.4, -0.2) is 104 Å². The van der Waals surface area contributed by atoms with E-state index >= 15 is 0 Å². The molecule has 1 aliphatic heterocycles. The Bertz CT molecular complexity index is 743. The minimum atomic E-state index is -2.54. The normalized spacial score (nSPS) is 18.5. The number of anilines is 1. The van der Waals surface area contributed by atoms with Crippen molar-refractivity contribution in [3.05, 3.63) is 24.3 Å². The number of benzene rings is 1. The van der Waals surface area contributed by atoms with Gasteiger partial charge >= 0.3 is 12.1 Å². The fourth-order valence-electron chi connectivity index (χ4n) is 3.26. The fourth-order valence-corrected chi connectivity index (χ4v) is 5.12. The molecule has 1 aromatic rings. The minimum Gasteiger partial charge on any atom is -0.494 e. The lowest BCUT2D eigenvalue weighted by Crippen LogP contribution is -2.30. The number of unbranched alkanes of at least 4 members (excludes halogenated alkanes) is 2. The lowest BCUT2D eigenvalue weighted by Gasteiger charge is -2.19. The molecule has 1 atom stereocenters. The average Bonchev–Trinajstić information content (AvgIpc) is 2.90. The van der Waals surface area contributed by atoms with Crippen LogP contribution in [-0.2, 0) is 33.2 Å². The molecule has 2 rings (SSSR count). The third-order valence-electron chi connectivity index (χ3n) is 5.25. The molecular weight excluding hydrogens is 617 g/mol. The van der Waals surface area contributed by atoms with Gasteiger partial charge in [0.15, 0.2) is 0 Å². The van der Waals surface area contributed by atoms with Gasteiger partial charge in [-0.25, -0.2) is 4.79 Å². The van der Waals surface area contributed by atoms with Crippen LogP contribution in [0.2, 0.25) is 6.04 Å². The lowest BCUT2D eigenvalue weighted by atomic mass is 10.2. The summed E-state index contributed by atoms with van der Waals surface area (Å²) in [7, 11) is 0. The molecule has 240 valence electrons. The summed E-state index contributed by atoms with van der Waals surface area (Å²) in [6.45, 7) is 5.28. The molecule has 0 bridgehead atoms. The molecule has 1 N–H and O–H groups in total. The topological polar surface area (TPSA) is 103 Å². The van der Waals surface area contributed by atoms with E-state index < -0.39 is 18.2 Å². The highest BCUT2D eigenvalue weighted by Gasteiger charge is 2.23. The van der Waals surface area contributed by atoms with Gasteiger partial charge in [-0.1, -0.05) is 27.7 Å². The Kier molecular flexibility index (Phi) is 25.1. The first kappa shape index (κ1) is 40.1. The number of carbonyl (C=O) groups is 1. The highest BCUT2D eigenvalue weighted by molar-refractivity contribution is 7.64. The summed E-state index contributed by atoms with van der Waals surface area (Å²) in [6, 6.07) is 5.17. The maximum absolute atomic E-state index is 12.3. The Balaban J connectivity index is 0.00000800. The van der Waals surface area contributed by atoms with E-state index in [1.165, 1.54) is 0 Å². The Hall–Kier alpha value is -0.863. The maximum Gasteiger partial charge on any atom is 0.411 e. The molecule has 0 spiro atoms. The van der Waals surface area contributed by atoms with E-state index in [2.05, 4.69) is 5.32 Å². The number of amides is 1. The summed E-state index contributed by atoms with van der Waals surface area (Å²) in [5.41, 5.74) is 0.582. The molecule has 1 heterocycles. The van der Waals surface area contributed by atoms with Crippen molar-refractivity contribution in [1.82, 2.24) is 0 Å². The van der Waals surface area contributed by atoms with Crippen LogP contribution in [0.5, 0.6) is 5.75 Å². The zero-order valence-corrected chi connectivity index (χ0v) is 25.5. The first-order valence-electron chi connectivity index (χ1n) is 13.2. The van der Waals surface area contributed by atoms with Crippen molar-refractivity contribution < 1.29 is 42.7 Å². The minimum absolute atomic E-state index is 0. The first-order chi connectivity index (χ1) is 18.9. The van der Waals surface area contributed by atoms with E-state index in [9.17, 15) is 4.79 Å². The number of halogens is 3. The van der Waals surface area contributed by atoms with Crippen LogP contribution in [0, 0.1) is 0 Å². The van der Waals surface area contributed by atoms with Gasteiger partial charge in [0.05, 0.1) is 79.3 Å². The third kappa shape index (κ3) is 23.3. The highest BCUT2D eigenvalue weighted by Crippen LogP contribution is 2.27. The predicted octanol–water partition coefficient (Wildman–Crippen LogP) is 6.19. The zero-order chi connectivity index (χ0) is 28.0. The SMILES string of the molecule is C.C.O=C(Nc1ccc(OCCCCC[Si](Cl)(Cl)Cl)cc1)OCC1COCCOCCOCCOCCOCCO1. The highest BCUT2D eigenvalue weighted by atomic mass is 35.8. The molecule has 1 aliphatic rings. The van der Waals surface area contributed by atoms with E-state index in [1.54, 1.807) is 24.3 Å². The smallest absolute Gasteiger partial charge is 0.411 e. The number of hydrogen-bond acceptors (Lipinski definition) is 9. The summed E-state index contributed by atoms with van der Waals surface area (Å²) in [4.78, 5) is 12.3.